The van der Waals surface area contributed by atoms with Crippen LogP contribution in [0.5, 0.6) is 5.75 Å². The van der Waals surface area contributed by atoms with Crippen molar-refractivity contribution < 1.29 is 9.53 Å². The molecule has 0 spiro atoms. The lowest BCUT2D eigenvalue weighted by molar-refractivity contribution is 0.0953. The van der Waals surface area contributed by atoms with Gasteiger partial charge in [-0.2, -0.15) is 11.8 Å². The van der Waals surface area contributed by atoms with Gasteiger partial charge in [-0.05, 0) is 36.2 Å². The third-order valence-electron chi connectivity index (χ3n) is 4.37. The normalized spacial score (nSPS) is 17.2. The van der Waals surface area contributed by atoms with Crippen LogP contribution >= 0.6 is 11.8 Å². The topological polar surface area (TPSA) is 67.6 Å². The van der Waals surface area contributed by atoms with E-state index in [1.165, 1.54) is 11.3 Å². The molecule has 6 heteroatoms. The van der Waals surface area contributed by atoms with Gasteiger partial charge in [0.2, 0.25) is 0 Å². The molecule has 1 saturated heterocycles. The summed E-state index contributed by atoms with van der Waals surface area (Å²) in [4.78, 5) is 13.9. The number of hydrazine groups is 1. The zero-order valence-electron chi connectivity index (χ0n) is 14.3. The Morgan fingerprint density at radius 2 is 2.12 bits per heavy atom. The number of hydrogen-bond donors (Lipinski definition) is 2. The van der Waals surface area contributed by atoms with E-state index in [0.29, 0.717) is 10.8 Å². The van der Waals surface area contributed by atoms with E-state index in [2.05, 4.69) is 22.5 Å². The molecular formula is C19H23N3O2S. The first-order valence-electron chi connectivity index (χ1n) is 8.30. The third kappa shape index (κ3) is 4.46. The molecular weight excluding hydrogens is 334 g/mol. The van der Waals surface area contributed by atoms with Crippen molar-refractivity contribution in [2.24, 2.45) is 5.84 Å². The number of nitrogens with zero attached hydrogens (tertiary/aromatic N) is 1. The van der Waals surface area contributed by atoms with Crippen LogP contribution in [0.25, 0.3) is 0 Å². The maximum absolute atomic E-state index is 11.5. The quantitative estimate of drug-likeness (QED) is 0.489. The van der Waals surface area contributed by atoms with E-state index in [9.17, 15) is 4.79 Å². The lowest BCUT2D eigenvalue weighted by atomic mass is 10.1. The molecule has 1 atom stereocenters. The van der Waals surface area contributed by atoms with Crippen LogP contribution in [0.15, 0.2) is 48.5 Å². The Bertz CT molecular complexity index is 721. The van der Waals surface area contributed by atoms with Crippen molar-refractivity contribution in [1.82, 2.24) is 5.43 Å². The van der Waals surface area contributed by atoms with Crippen LogP contribution in [0.3, 0.4) is 0 Å². The minimum absolute atomic E-state index is 0.261. The van der Waals surface area contributed by atoms with E-state index >= 15 is 0 Å². The molecule has 3 N–H and O–H groups in total. The van der Waals surface area contributed by atoms with Gasteiger partial charge in [-0.15, -0.1) is 0 Å². The number of nitrogen functional groups attached to an aromatic ring is 1. The summed E-state index contributed by atoms with van der Waals surface area (Å²) in [6.45, 7) is 2.05. The van der Waals surface area contributed by atoms with E-state index in [0.717, 1.165) is 31.0 Å². The van der Waals surface area contributed by atoms with Crippen molar-refractivity contribution >= 4 is 23.4 Å². The summed E-state index contributed by atoms with van der Waals surface area (Å²) in [6, 6.07) is 15.9. The summed E-state index contributed by atoms with van der Waals surface area (Å²) in [5.41, 5.74) is 5.18. The van der Waals surface area contributed by atoms with Crippen LogP contribution in [0.2, 0.25) is 0 Å². The molecule has 3 rings (SSSR count). The molecule has 25 heavy (non-hydrogen) atoms. The number of thioether (sulfide) groups is 1. The van der Waals surface area contributed by atoms with Crippen molar-refractivity contribution in [2.45, 2.75) is 11.7 Å². The second-order valence-electron chi connectivity index (χ2n) is 6.01. The van der Waals surface area contributed by atoms with Crippen molar-refractivity contribution in [1.29, 1.82) is 0 Å². The first kappa shape index (κ1) is 17.6. The summed E-state index contributed by atoms with van der Waals surface area (Å²) < 4.78 is 5.33. The number of nitrogens with one attached hydrogen (secondary N) is 1. The molecule has 5 nitrogen and oxygen atoms in total. The SMILES string of the molecule is COc1cccc(N2CCSC(Cc3ccc(C(=O)NN)cc3)C2)c1. The highest BCUT2D eigenvalue weighted by Gasteiger charge is 2.21. The Hall–Kier alpha value is -2.18. The highest BCUT2D eigenvalue weighted by molar-refractivity contribution is 8.00. The number of nitrogens with two attached hydrogens (primary N) is 1. The van der Waals surface area contributed by atoms with Crippen molar-refractivity contribution in [3.05, 3.63) is 59.7 Å². The lowest BCUT2D eigenvalue weighted by Crippen LogP contribution is -2.38. The number of methoxy groups -OCH3 is 1. The molecule has 1 fully saturated rings. The van der Waals surface area contributed by atoms with Gasteiger partial charge in [-0.3, -0.25) is 10.2 Å². The Balaban J connectivity index is 1.64. The third-order valence-corrected chi connectivity index (χ3v) is 5.57. The molecule has 0 bridgehead atoms. The first-order chi connectivity index (χ1) is 12.2. The molecule has 132 valence electrons. The fourth-order valence-corrected chi connectivity index (χ4v) is 4.28. The molecule has 0 radical (unpaired) electrons. The number of anilines is 1. The Morgan fingerprint density at radius 3 is 2.84 bits per heavy atom. The molecule has 0 aliphatic carbocycles. The van der Waals surface area contributed by atoms with E-state index < -0.39 is 0 Å². The van der Waals surface area contributed by atoms with Gasteiger partial charge in [0.05, 0.1) is 7.11 Å². The maximum Gasteiger partial charge on any atom is 0.265 e. The molecule has 1 heterocycles. The predicted molar refractivity (Wildman–Crippen MR) is 103 cm³/mol. The number of hydrogen-bond acceptors (Lipinski definition) is 5. The van der Waals surface area contributed by atoms with E-state index in [1.54, 1.807) is 7.11 Å². The fourth-order valence-electron chi connectivity index (χ4n) is 3.02. The zero-order chi connectivity index (χ0) is 17.6. The largest absolute Gasteiger partial charge is 0.497 e. The van der Waals surface area contributed by atoms with Crippen LogP contribution in [0.4, 0.5) is 5.69 Å². The molecule has 1 amide bonds. The number of benzene rings is 2. The van der Waals surface area contributed by atoms with Crippen molar-refractivity contribution in [3.63, 3.8) is 0 Å². The molecule has 0 saturated carbocycles. The highest BCUT2D eigenvalue weighted by atomic mass is 32.2. The van der Waals surface area contributed by atoms with Gasteiger partial charge in [-0.1, -0.05) is 18.2 Å². The summed E-state index contributed by atoms with van der Waals surface area (Å²) >= 11 is 2.01. The predicted octanol–water partition coefficient (Wildman–Crippen LogP) is 2.46. The summed E-state index contributed by atoms with van der Waals surface area (Å²) in [5.74, 6) is 6.90. The minimum atomic E-state index is -0.261. The second kappa shape index (κ2) is 8.27. The van der Waals surface area contributed by atoms with Crippen molar-refractivity contribution in [3.8, 4) is 5.75 Å². The average Bonchev–Trinajstić information content (AvgIpc) is 2.68. The van der Waals surface area contributed by atoms with Crippen molar-refractivity contribution in [2.75, 3.05) is 30.9 Å². The van der Waals surface area contributed by atoms with Gasteiger partial charge in [0, 0.05) is 41.4 Å². The van der Waals surface area contributed by atoms with Gasteiger partial charge in [0.25, 0.3) is 5.91 Å². The molecule has 1 unspecified atom stereocenters. The fraction of sp³-hybridized carbons (Fsp3) is 0.316. The summed E-state index contributed by atoms with van der Waals surface area (Å²) in [5, 5.41) is 0.522. The van der Waals surface area contributed by atoms with E-state index in [1.807, 2.05) is 48.2 Å². The lowest BCUT2D eigenvalue weighted by Gasteiger charge is -2.34. The van der Waals surface area contributed by atoms with Gasteiger partial charge in [-0.25, -0.2) is 5.84 Å². The smallest absolute Gasteiger partial charge is 0.265 e. The number of carbonyl (C=O) groups excluding carboxylic acids is 1. The Morgan fingerprint density at radius 1 is 1.32 bits per heavy atom. The van der Waals surface area contributed by atoms with Gasteiger partial charge >= 0.3 is 0 Å². The molecule has 1 aliphatic heterocycles. The molecule has 0 aromatic heterocycles. The zero-order valence-corrected chi connectivity index (χ0v) is 15.1. The van der Waals surface area contributed by atoms with E-state index in [-0.39, 0.29) is 5.91 Å². The number of amides is 1. The van der Waals surface area contributed by atoms with Crippen LogP contribution in [-0.4, -0.2) is 37.1 Å². The Labute approximate surface area is 152 Å². The number of ether oxygens (including phenoxy) is 1. The van der Waals surface area contributed by atoms with Crippen LogP contribution in [-0.2, 0) is 6.42 Å². The van der Waals surface area contributed by atoms with Gasteiger partial charge < -0.3 is 9.64 Å². The monoisotopic (exact) mass is 357 g/mol. The average molecular weight is 357 g/mol. The standard InChI is InChI=1S/C19H23N3O2S/c1-24-17-4-2-3-16(12-17)22-9-10-25-18(13-22)11-14-5-7-15(8-6-14)19(23)21-20/h2-8,12,18H,9-11,13,20H2,1H3,(H,21,23). The summed E-state index contributed by atoms with van der Waals surface area (Å²) in [6.07, 6.45) is 0.982. The van der Waals surface area contributed by atoms with E-state index in [4.69, 9.17) is 10.6 Å². The first-order valence-corrected chi connectivity index (χ1v) is 9.35. The summed E-state index contributed by atoms with van der Waals surface area (Å²) in [7, 11) is 1.70. The number of rotatable bonds is 5. The molecule has 2 aromatic carbocycles. The molecule has 1 aliphatic rings. The highest BCUT2D eigenvalue weighted by Crippen LogP contribution is 2.28. The van der Waals surface area contributed by atoms with Crippen LogP contribution in [0.1, 0.15) is 15.9 Å². The number of carbonyl (C=O) groups is 1. The maximum atomic E-state index is 11.5. The molecule has 2 aromatic rings. The van der Waals surface area contributed by atoms with Gasteiger partial charge in [0.15, 0.2) is 0 Å². The van der Waals surface area contributed by atoms with Crippen LogP contribution < -0.4 is 20.9 Å². The Kier molecular flexibility index (Phi) is 5.83. The van der Waals surface area contributed by atoms with Gasteiger partial charge in [0.1, 0.15) is 5.75 Å². The second-order valence-corrected chi connectivity index (χ2v) is 7.42. The van der Waals surface area contributed by atoms with Crippen LogP contribution in [0, 0.1) is 0 Å². The minimum Gasteiger partial charge on any atom is -0.497 e.